The fourth-order valence-electron chi connectivity index (χ4n) is 4.42. The molecule has 0 bridgehead atoms. The number of aryl methyl sites for hydroxylation is 2. The maximum atomic E-state index is 12.3. The van der Waals surface area contributed by atoms with Crippen LogP contribution in [0.4, 0.5) is 0 Å². The Labute approximate surface area is 150 Å². The molecule has 1 aliphatic heterocycles. The standard InChI is InChI=1S/C22H26N2O/c1-15(2)24-14-20(23-13-21(24)25)22-18-9-5-3-7-16(18)11-12-17-8-4-6-10-19(17)22/h3-10,15,20,22-23H,11-14H2,1-2H3/t20-/m1/s1. The van der Waals surface area contributed by atoms with E-state index < -0.39 is 0 Å². The van der Waals surface area contributed by atoms with Crippen molar-refractivity contribution in [1.29, 1.82) is 0 Å². The number of fused-ring (bicyclic) bond motifs is 2. The summed E-state index contributed by atoms with van der Waals surface area (Å²) in [6.45, 7) is 5.41. The summed E-state index contributed by atoms with van der Waals surface area (Å²) in [5.41, 5.74) is 5.73. The van der Waals surface area contributed by atoms with Gasteiger partial charge in [0.25, 0.3) is 0 Å². The largest absolute Gasteiger partial charge is 0.338 e. The average molecular weight is 334 g/mol. The third-order valence-corrected chi connectivity index (χ3v) is 5.70. The van der Waals surface area contributed by atoms with Crippen LogP contribution in [0.3, 0.4) is 0 Å². The molecule has 130 valence electrons. The topological polar surface area (TPSA) is 32.3 Å². The average Bonchev–Trinajstić information content (AvgIpc) is 2.79. The molecule has 1 saturated heterocycles. The minimum Gasteiger partial charge on any atom is -0.338 e. The van der Waals surface area contributed by atoms with Gasteiger partial charge in [0.2, 0.25) is 5.91 Å². The van der Waals surface area contributed by atoms with Crippen LogP contribution in [-0.4, -0.2) is 36.0 Å². The Morgan fingerprint density at radius 1 is 0.960 bits per heavy atom. The zero-order valence-electron chi connectivity index (χ0n) is 15.0. The van der Waals surface area contributed by atoms with Gasteiger partial charge in [0.15, 0.2) is 0 Å². The van der Waals surface area contributed by atoms with Gasteiger partial charge in [-0.3, -0.25) is 4.79 Å². The number of nitrogens with zero attached hydrogens (tertiary/aromatic N) is 1. The summed E-state index contributed by atoms with van der Waals surface area (Å²) in [4.78, 5) is 14.3. The van der Waals surface area contributed by atoms with Crippen LogP contribution in [0, 0.1) is 0 Å². The van der Waals surface area contributed by atoms with Crippen LogP contribution in [0.2, 0.25) is 0 Å². The molecule has 0 unspecified atom stereocenters. The Bertz CT molecular complexity index is 736. The molecule has 25 heavy (non-hydrogen) atoms. The van der Waals surface area contributed by atoms with Gasteiger partial charge in [0.05, 0.1) is 6.54 Å². The molecule has 1 atom stereocenters. The van der Waals surface area contributed by atoms with Crippen molar-refractivity contribution in [1.82, 2.24) is 10.2 Å². The number of carbonyl (C=O) groups excluding carboxylic acids is 1. The minimum absolute atomic E-state index is 0.210. The van der Waals surface area contributed by atoms with Crippen molar-refractivity contribution < 1.29 is 4.79 Å². The molecule has 1 aliphatic carbocycles. The lowest BCUT2D eigenvalue weighted by Gasteiger charge is -2.40. The van der Waals surface area contributed by atoms with E-state index in [0.29, 0.717) is 12.5 Å². The quantitative estimate of drug-likeness (QED) is 0.915. The molecule has 0 radical (unpaired) electrons. The lowest BCUT2D eigenvalue weighted by Crippen LogP contribution is -2.58. The highest BCUT2D eigenvalue weighted by atomic mass is 16.2. The fraction of sp³-hybridized carbons (Fsp3) is 0.409. The van der Waals surface area contributed by atoms with Gasteiger partial charge in [-0.05, 0) is 48.9 Å². The van der Waals surface area contributed by atoms with E-state index in [4.69, 9.17) is 0 Å². The summed E-state index contributed by atoms with van der Waals surface area (Å²) in [5, 5.41) is 3.54. The maximum absolute atomic E-state index is 12.3. The van der Waals surface area contributed by atoms with Crippen LogP contribution in [0.5, 0.6) is 0 Å². The summed E-state index contributed by atoms with van der Waals surface area (Å²) < 4.78 is 0. The first-order valence-electron chi connectivity index (χ1n) is 9.33. The zero-order chi connectivity index (χ0) is 17.4. The van der Waals surface area contributed by atoms with E-state index in [1.807, 2.05) is 4.90 Å². The molecule has 0 spiro atoms. The zero-order valence-corrected chi connectivity index (χ0v) is 15.0. The molecule has 0 aromatic heterocycles. The lowest BCUT2D eigenvalue weighted by atomic mass is 9.81. The third kappa shape index (κ3) is 2.98. The van der Waals surface area contributed by atoms with E-state index in [1.54, 1.807) is 0 Å². The predicted molar refractivity (Wildman–Crippen MR) is 101 cm³/mol. The van der Waals surface area contributed by atoms with E-state index in [9.17, 15) is 4.79 Å². The van der Waals surface area contributed by atoms with Crippen LogP contribution in [0.15, 0.2) is 48.5 Å². The number of benzene rings is 2. The van der Waals surface area contributed by atoms with Crippen molar-refractivity contribution in [3.8, 4) is 0 Å². The van der Waals surface area contributed by atoms with Crippen LogP contribution in [-0.2, 0) is 17.6 Å². The van der Waals surface area contributed by atoms with Crippen LogP contribution in [0.25, 0.3) is 0 Å². The van der Waals surface area contributed by atoms with Crippen molar-refractivity contribution >= 4 is 5.91 Å². The normalized spacial score (nSPS) is 21.0. The van der Waals surface area contributed by atoms with Gasteiger partial charge in [0.1, 0.15) is 0 Å². The molecular formula is C22H26N2O. The van der Waals surface area contributed by atoms with Crippen molar-refractivity contribution in [3.05, 3.63) is 70.8 Å². The van der Waals surface area contributed by atoms with Crippen LogP contribution >= 0.6 is 0 Å². The molecule has 1 fully saturated rings. The van der Waals surface area contributed by atoms with Gasteiger partial charge in [0, 0.05) is 24.5 Å². The van der Waals surface area contributed by atoms with Crippen molar-refractivity contribution in [2.24, 2.45) is 0 Å². The van der Waals surface area contributed by atoms with Gasteiger partial charge in [-0.15, -0.1) is 0 Å². The number of amides is 1. The second-order valence-corrected chi connectivity index (χ2v) is 7.50. The number of rotatable bonds is 2. The first-order chi connectivity index (χ1) is 12.1. The lowest BCUT2D eigenvalue weighted by molar-refractivity contribution is -0.134. The third-order valence-electron chi connectivity index (χ3n) is 5.70. The molecular weight excluding hydrogens is 308 g/mol. The summed E-state index contributed by atoms with van der Waals surface area (Å²) in [7, 11) is 0. The molecule has 1 amide bonds. The first kappa shape index (κ1) is 16.3. The Hall–Kier alpha value is -2.13. The van der Waals surface area contributed by atoms with Crippen molar-refractivity contribution in [3.63, 3.8) is 0 Å². The van der Waals surface area contributed by atoms with E-state index in [0.717, 1.165) is 19.4 Å². The highest BCUT2D eigenvalue weighted by Gasteiger charge is 2.35. The second kappa shape index (κ2) is 6.64. The summed E-state index contributed by atoms with van der Waals surface area (Å²) in [6.07, 6.45) is 2.17. The van der Waals surface area contributed by atoms with Gasteiger partial charge < -0.3 is 10.2 Å². The number of hydrogen-bond donors (Lipinski definition) is 1. The van der Waals surface area contributed by atoms with E-state index in [2.05, 4.69) is 67.7 Å². The van der Waals surface area contributed by atoms with Crippen LogP contribution in [0.1, 0.15) is 42.0 Å². The molecule has 1 heterocycles. The monoisotopic (exact) mass is 334 g/mol. The summed E-state index contributed by atoms with van der Waals surface area (Å²) in [6, 6.07) is 18.2. The number of nitrogens with one attached hydrogen (secondary N) is 1. The van der Waals surface area contributed by atoms with Crippen LogP contribution < -0.4 is 5.32 Å². The molecule has 2 aromatic rings. The van der Waals surface area contributed by atoms with Gasteiger partial charge in [-0.25, -0.2) is 0 Å². The van der Waals surface area contributed by atoms with E-state index in [1.165, 1.54) is 22.3 Å². The molecule has 2 aromatic carbocycles. The molecule has 0 saturated carbocycles. The van der Waals surface area contributed by atoms with E-state index in [-0.39, 0.29) is 18.0 Å². The summed E-state index contributed by atoms with van der Waals surface area (Å²) in [5.74, 6) is 0.505. The fourth-order valence-corrected chi connectivity index (χ4v) is 4.42. The number of piperazine rings is 1. The van der Waals surface area contributed by atoms with E-state index >= 15 is 0 Å². The molecule has 3 nitrogen and oxygen atoms in total. The highest BCUT2D eigenvalue weighted by Crippen LogP contribution is 2.37. The van der Waals surface area contributed by atoms with Crippen molar-refractivity contribution in [2.45, 2.75) is 44.7 Å². The Morgan fingerprint density at radius 2 is 1.52 bits per heavy atom. The molecule has 4 rings (SSSR count). The van der Waals surface area contributed by atoms with Crippen molar-refractivity contribution in [2.75, 3.05) is 13.1 Å². The molecule has 2 aliphatic rings. The molecule has 1 N–H and O–H groups in total. The smallest absolute Gasteiger partial charge is 0.236 e. The SMILES string of the molecule is CC(C)N1C[C@H](C2c3ccccc3CCc3ccccc32)NCC1=O. The second-order valence-electron chi connectivity index (χ2n) is 7.50. The highest BCUT2D eigenvalue weighted by molar-refractivity contribution is 5.79. The first-order valence-corrected chi connectivity index (χ1v) is 9.33. The minimum atomic E-state index is 0.210. The Balaban J connectivity index is 1.79. The maximum Gasteiger partial charge on any atom is 0.236 e. The number of hydrogen-bond acceptors (Lipinski definition) is 2. The van der Waals surface area contributed by atoms with Gasteiger partial charge in [-0.2, -0.15) is 0 Å². The Kier molecular flexibility index (Phi) is 4.34. The van der Waals surface area contributed by atoms with Gasteiger partial charge >= 0.3 is 0 Å². The summed E-state index contributed by atoms with van der Waals surface area (Å²) >= 11 is 0. The van der Waals surface area contributed by atoms with Gasteiger partial charge in [-0.1, -0.05) is 48.5 Å². The predicted octanol–water partition coefficient (Wildman–Crippen LogP) is 3.13. The Morgan fingerprint density at radius 3 is 2.08 bits per heavy atom. The molecule has 3 heteroatoms. The number of carbonyl (C=O) groups is 1.